The van der Waals surface area contributed by atoms with Crippen LogP contribution in [0.5, 0.6) is 0 Å². The third-order valence-corrected chi connectivity index (χ3v) is 5.40. The van der Waals surface area contributed by atoms with E-state index in [1.165, 1.54) is 37.8 Å². The van der Waals surface area contributed by atoms with E-state index in [2.05, 4.69) is 68.0 Å². The summed E-state index contributed by atoms with van der Waals surface area (Å²) in [6.07, 6.45) is 6.14. The topological polar surface area (TPSA) is 6.48 Å². The third kappa shape index (κ3) is 3.55. The number of hydrogen-bond acceptors (Lipinski definition) is 2. The van der Waals surface area contributed by atoms with Crippen LogP contribution in [-0.4, -0.2) is 35.6 Å². The largest absolute Gasteiger partial charge is 0.291 e. The second kappa shape index (κ2) is 6.33. The summed E-state index contributed by atoms with van der Waals surface area (Å²) in [4.78, 5) is 5.42. The molecule has 0 N–H and O–H groups in total. The lowest BCUT2D eigenvalue weighted by molar-refractivity contribution is 0.0139. The molecule has 22 heavy (non-hydrogen) atoms. The number of nitrogens with zero attached hydrogens (tertiary/aromatic N) is 2. The van der Waals surface area contributed by atoms with Crippen molar-refractivity contribution in [1.29, 1.82) is 0 Å². The van der Waals surface area contributed by atoms with Crippen molar-refractivity contribution in [2.75, 3.05) is 13.6 Å². The van der Waals surface area contributed by atoms with Gasteiger partial charge in [-0.05, 0) is 56.2 Å². The Hall–Kier alpha value is -0.860. The summed E-state index contributed by atoms with van der Waals surface area (Å²) in [5.41, 5.74) is 1.87. The highest BCUT2D eigenvalue weighted by molar-refractivity contribution is 5.15. The van der Waals surface area contributed by atoms with Crippen LogP contribution in [0.15, 0.2) is 30.3 Å². The Morgan fingerprint density at radius 1 is 1.14 bits per heavy atom. The maximum Gasteiger partial charge on any atom is 0.0654 e. The number of fused-ring (bicyclic) bond motifs is 1. The fraction of sp³-hybridized carbons (Fsp3) is 0.700. The lowest BCUT2D eigenvalue weighted by Crippen LogP contribution is -2.50. The van der Waals surface area contributed by atoms with Gasteiger partial charge in [0.25, 0.3) is 0 Å². The highest BCUT2D eigenvalue weighted by Crippen LogP contribution is 2.42. The Morgan fingerprint density at radius 3 is 2.55 bits per heavy atom. The third-order valence-electron chi connectivity index (χ3n) is 5.40. The molecule has 2 heteroatoms. The van der Waals surface area contributed by atoms with Crippen molar-refractivity contribution in [3.05, 3.63) is 35.9 Å². The molecule has 3 atom stereocenters. The van der Waals surface area contributed by atoms with Gasteiger partial charge in [0.05, 0.1) is 6.17 Å². The normalized spacial score (nSPS) is 30.5. The van der Waals surface area contributed by atoms with Gasteiger partial charge < -0.3 is 0 Å². The molecule has 2 aliphatic rings. The molecule has 0 aliphatic carbocycles. The highest BCUT2D eigenvalue weighted by Gasteiger charge is 2.45. The number of likely N-dealkylation sites (tertiary alicyclic amines) is 2. The molecular weight excluding hydrogens is 268 g/mol. The van der Waals surface area contributed by atoms with Gasteiger partial charge in [0.15, 0.2) is 0 Å². The lowest BCUT2D eigenvalue weighted by Gasteiger charge is -2.41. The lowest BCUT2D eigenvalue weighted by atomic mass is 9.85. The molecule has 1 aromatic rings. The first-order valence-electron chi connectivity index (χ1n) is 8.94. The van der Waals surface area contributed by atoms with Crippen molar-refractivity contribution < 1.29 is 0 Å². The maximum atomic E-state index is 2.81. The van der Waals surface area contributed by atoms with Gasteiger partial charge >= 0.3 is 0 Å². The molecule has 0 amide bonds. The molecule has 122 valence electrons. The Morgan fingerprint density at radius 2 is 1.86 bits per heavy atom. The van der Waals surface area contributed by atoms with Crippen LogP contribution in [0.1, 0.15) is 52.0 Å². The summed E-state index contributed by atoms with van der Waals surface area (Å²) in [5, 5.41) is 0. The minimum atomic E-state index is 0.408. The summed E-state index contributed by atoms with van der Waals surface area (Å²) < 4.78 is 0. The quantitative estimate of drug-likeness (QED) is 0.818. The van der Waals surface area contributed by atoms with E-state index in [1.807, 2.05) is 0 Å². The molecule has 3 rings (SSSR count). The average Bonchev–Trinajstić information content (AvgIpc) is 2.77. The minimum Gasteiger partial charge on any atom is -0.291 e. The van der Waals surface area contributed by atoms with Crippen LogP contribution in [0.25, 0.3) is 0 Å². The number of benzene rings is 1. The molecule has 0 bridgehead atoms. The molecule has 2 nitrogen and oxygen atoms in total. The molecular formula is C20H32N2. The Bertz CT molecular complexity index is 476. The van der Waals surface area contributed by atoms with Crippen molar-refractivity contribution >= 4 is 0 Å². The van der Waals surface area contributed by atoms with Crippen LogP contribution >= 0.6 is 0 Å². The zero-order valence-corrected chi connectivity index (χ0v) is 14.8. The Labute approximate surface area is 136 Å². The van der Waals surface area contributed by atoms with Crippen molar-refractivity contribution in [1.82, 2.24) is 9.80 Å². The van der Waals surface area contributed by atoms with Crippen LogP contribution in [0, 0.1) is 11.3 Å². The summed E-state index contributed by atoms with van der Waals surface area (Å²) in [7, 11) is 2.33. The van der Waals surface area contributed by atoms with Gasteiger partial charge in [0.1, 0.15) is 0 Å². The van der Waals surface area contributed by atoms with E-state index >= 15 is 0 Å². The average molecular weight is 300 g/mol. The van der Waals surface area contributed by atoms with E-state index in [0.717, 1.165) is 18.5 Å². The molecule has 2 aliphatic heterocycles. The second-order valence-corrected chi connectivity index (χ2v) is 8.61. The van der Waals surface area contributed by atoms with Gasteiger partial charge in [-0.3, -0.25) is 9.80 Å². The molecule has 2 heterocycles. The smallest absolute Gasteiger partial charge is 0.0654 e. The zero-order chi connectivity index (χ0) is 15.7. The van der Waals surface area contributed by atoms with Crippen LogP contribution < -0.4 is 0 Å². The molecule has 0 saturated carbocycles. The van der Waals surface area contributed by atoms with Crippen LogP contribution in [-0.2, 0) is 6.54 Å². The van der Waals surface area contributed by atoms with Crippen molar-refractivity contribution in [3.8, 4) is 0 Å². The van der Waals surface area contributed by atoms with E-state index in [9.17, 15) is 0 Å². The first-order valence-corrected chi connectivity index (χ1v) is 8.94. The SMILES string of the molecule is CN1CCCC2CC(CC(C)(C)C)N(Cc3ccccc3)C21. The molecule has 0 spiro atoms. The first kappa shape index (κ1) is 16.0. The van der Waals surface area contributed by atoms with E-state index < -0.39 is 0 Å². The fourth-order valence-electron chi connectivity index (χ4n) is 4.63. The summed E-state index contributed by atoms with van der Waals surface area (Å²) >= 11 is 0. The fourth-order valence-corrected chi connectivity index (χ4v) is 4.63. The van der Waals surface area contributed by atoms with E-state index in [-0.39, 0.29) is 0 Å². The van der Waals surface area contributed by atoms with Gasteiger partial charge in [-0.25, -0.2) is 0 Å². The predicted molar refractivity (Wildman–Crippen MR) is 93.6 cm³/mol. The van der Waals surface area contributed by atoms with Crippen LogP contribution in [0.4, 0.5) is 0 Å². The Kier molecular flexibility index (Phi) is 4.61. The highest BCUT2D eigenvalue weighted by atomic mass is 15.4. The summed E-state index contributed by atoms with van der Waals surface area (Å²) in [6.45, 7) is 9.53. The minimum absolute atomic E-state index is 0.408. The van der Waals surface area contributed by atoms with E-state index in [1.54, 1.807) is 0 Å². The standard InChI is InChI=1S/C20H32N2/c1-20(2,3)14-18-13-17-11-8-12-21(4)19(17)22(18)15-16-9-6-5-7-10-16/h5-7,9-10,17-19H,8,11-15H2,1-4H3. The molecule has 3 unspecified atom stereocenters. The monoisotopic (exact) mass is 300 g/mol. The van der Waals surface area contributed by atoms with Crippen molar-refractivity contribution in [3.63, 3.8) is 0 Å². The molecule has 2 fully saturated rings. The van der Waals surface area contributed by atoms with Gasteiger partial charge in [0, 0.05) is 12.6 Å². The van der Waals surface area contributed by atoms with Gasteiger partial charge in [0.2, 0.25) is 0 Å². The molecule has 0 aromatic heterocycles. The van der Waals surface area contributed by atoms with Crippen LogP contribution in [0.2, 0.25) is 0 Å². The number of piperidine rings is 1. The van der Waals surface area contributed by atoms with E-state index in [0.29, 0.717) is 11.6 Å². The van der Waals surface area contributed by atoms with Gasteiger partial charge in [-0.1, -0.05) is 51.1 Å². The summed E-state index contributed by atoms with van der Waals surface area (Å²) in [6, 6.07) is 11.8. The molecule has 1 aromatic carbocycles. The first-order chi connectivity index (χ1) is 10.4. The summed E-state index contributed by atoms with van der Waals surface area (Å²) in [5.74, 6) is 0.870. The number of hydrogen-bond donors (Lipinski definition) is 0. The molecule has 2 saturated heterocycles. The predicted octanol–water partition coefficient (Wildman–Crippen LogP) is 4.37. The van der Waals surface area contributed by atoms with Crippen molar-refractivity contribution in [2.45, 2.75) is 65.2 Å². The zero-order valence-electron chi connectivity index (χ0n) is 14.8. The van der Waals surface area contributed by atoms with Gasteiger partial charge in [-0.15, -0.1) is 0 Å². The second-order valence-electron chi connectivity index (χ2n) is 8.61. The maximum absolute atomic E-state index is 2.81. The van der Waals surface area contributed by atoms with E-state index in [4.69, 9.17) is 0 Å². The molecule has 0 radical (unpaired) electrons. The Balaban J connectivity index is 1.82. The number of rotatable bonds is 3. The van der Waals surface area contributed by atoms with Crippen molar-refractivity contribution in [2.24, 2.45) is 11.3 Å². The van der Waals surface area contributed by atoms with Crippen LogP contribution in [0.3, 0.4) is 0 Å². The van der Waals surface area contributed by atoms with Gasteiger partial charge in [-0.2, -0.15) is 0 Å².